The Hall–Kier alpha value is -1.91. The van der Waals surface area contributed by atoms with Gasteiger partial charge >= 0.3 is 0 Å². The Morgan fingerprint density at radius 3 is 2.70 bits per heavy atom. The number of rotatable bonds is 4. The lowest BCUT2D eigenvalue weighted by atomic mass is 10.1. The quantitative estimate of drug-likeness (QED) is 0.910. The van der Waals surface area contributed by atoms with E-state index in [1.54, 1.807) is 30.3 Å². The summed E-state index contributed by atoms with van der Waals surface area (Å²) in [7, 11) is 0. The van der Waals surface area contributed by atoms with Crippen molar-refractivity contribution in [2.45, 2.75) is 13.2 Å². The van der Waals surface area contributed by atoms with Gasteiger partial charge in [-0.15, -0.1) is 0 Å². The first-order valence-corrected chi connectivity index (χ1v) is 6.40. The molecule has 0 atom stereocenters. The molecule has 0 bridgehead atoms. The van der Waals surface area contributed by atoms with Crippen molar-refractivity contribution >= 4 is 17.5 Å². The van der Waals surface area contributed by atoms with Crippen LogP contribution in [0.25, 0.3) is 0 Å². The number of nitrogens with one attached hydrogen (secondary N) is 1. The Kier molecular flexibility index (Phi) is 4.71. The van der Waals surface area contributed by atoms with Gasteiger partial charge in [-0.3, -0.25) is 4.79 Å². The van der Waals surface area contributed by atoms with Gasteiger partial charge in [0, 0.05) is 12.1 Å². The molecule has 5 heteroatoms. The van der Waals surface area contributed by atoms with Gasteiger partial charge in [-0.05, 0) is 29.8 Å². The minimum atomic E-state index is -0.464. The summed E-state index contributed by atoms with van der Waals surface area (Å²) in [5, 5.41) is 12.1. The largest absolute Gasteiger partial charge is 0.392 e. The maximum atomic E-state index is 13.2. The lowest BCUT2D eigenvalue weighted by Crippen LogP contribution is -2.23. The SMILES string of the molecule is O=C(NCc1ccc(F)c(CO)c1)c1ccccc1Cl. The molecule has 0 aliphatic heterocycles. The van der Waals surface area contributed by atoms with Crippen molar-refractivity contribution in [3.63, 3.8) is 0 Å². The molecule has 2 rings (SSSR count). The van der Waals surface area contributed by atoms with Gasteiger partial charge in [-0.2, -0.15) is 0 Å². The highest BCUT2D eigenvalue weighted by Gasteiger charge is 2.09. The number of hydrogen-bond donors (Lipinski definition) is 2. The van der Waals surface area contributed by atoms with E-state index in [0.717, 1.165) is 0 Å². The number of aliphatic hydroxyl groups excluding tert-OH is 1. The Balaban J connectivity index is 2.06. The van der Waals surface area contributed by atoms with Gasteiger partial charge in [0.1, 0.15) is 5.82 Å². The highest BCUT2D eigenvalue weighted by atomic mass is 35.5. The van der Waals surface area contributed by atoms with Crippen molar-refractivity contribution in [3.8, 4) is 0 Å². The standard InChI is InChI=1S/C15H13ClFNO2/c16-13-4-2-1-3-12(13)15(20)18-8-10-5-6-14(17)11(7-10)9-19/h1-7,19H,8-9H2,(H,18,20). The molecule has 2 N–H and O–H groups in total. The van der Waals surface area contributed by atoms with E-state index in [0.29, 0.717) is 16.1 Å². The molecule has 0 aliphatic carbocycles. The molecule has 0 unspecified atom stereocenters. The first-order valence-electron chi connectivity index (χ1n) is 6.02. The van der Waals surface area contributed by atoms with E-state index in [9.17, 15) is 9.18 Å². The summed E-state index contributed by atoms with van der Waals surface area (Å²) >= 11 is 5.93. The average Bonchev–Trinajstić information content (AvgIpc) is 2.46. The second-order valence-electron chi connectivity index (χ2n) is 4.25. The fourth-order valence-electron chi connectivity index (χ4n) is 1.78. The molecule has 0 radical (unpaired) electrons. The van der Waals surface area contributed by atoms with Gasteiger partial charge in [0.2, 0.25) is 0 Å². The Bertz CT molecular complexity index is 631. The van der Waals surface area contributed by atoms with E-state index >= 15 is 0 Å². The van der Waals surface area contributed by atoms with Crippen LogP contribution in [0.1, 0.15) is 21.5 Å². The van der Waals surface area contributed by atoms with Crippen LogP contribution >= 0.6 is 11.6 Å². The molecule has 1 amide bonds. The van der Waals surface area contributed by atoms with Gasteiger partial charge in [0.15, 0.2) is 0 Å². The van der Waals surface area contributed by atoms with Gasteiger partial charge in [0.25, 0.3) is 5.91 Å². The lowest BCUT2D eigenvalue weighted by molar-refractivity contribution is 0.0951. The van der Waals surface area contributed by atoms with Gasteiger partial charge < -0.3 is 10.4 Å². The van der Waals surface area contributed by atoms with Gasteiger partial charge in [-0.25, -0.2) is 4.39 Å². The zero-order valence-electron chi connectivity index (χ0n) is 10.6. The van der Waals surface area contributed by atoms with E-state index in [2.05, 4.69) is 5.32 Å². The van der Waals surface area contributed by atoms with Crippen molar-refractivity contribution in [3.05, 3.63) is 70.0 Å². The number of amides is 1. The number of hydrogen-bond acceptors (Lipinski definition) is 2. The molecule has 0 saturated heterocycles. The summed E-state index contributed by atoms with van der Waals surface area (Å²) in [6, 6.07) is 11.1. The first kappa shape index (κ1) is 14.5. The van der Waals surface area contributed by atoms with Crippen LogP contribution in [0.15, 0.2) is 42.5 Å². The fraction of sp³-hybridized carbons (Fsp3) is 0.133. The number of carbonyl (C=O) groups excluding carboxylic acids is 1. The average molecular weight is 294 g/mol. The molecule has 0 saturated carbocycles. The van der Waals surface area contributed by atoms with Crippen molar-refractivity contribution in [2.75, 3.05) is 0 Å². The predicted octanol–water partition coefficient (Wildman–Crippen LogP) is 2.90. The van der Waals surface area contributed by atoms with Crippen molar-refractivity contribution in [2.24, 2.45) is 0 Å². The summed E-state index contributed by atoms with van der Waals surface area (Å²) in [6.07, 6.45) is 0. The van der Waals surface area contributed by atoms with Crippen LogP contribution < -0.4 is 5.32 Å². The molecular weight excluding hydrogens is 281 g/mol. The van der Waals surface area contributed by atoms with Crippen LogP contribution in [0, 0.1) is 5.82 Å². The highest BCUT2D eigenvalue weighted by molar-refractivity contribution is 6.33. The molecule has 20 heavy (non-hydrogen) atoms. The summed E-state index contributed by atoms with van der Waals surface area (Å²) in [4.78, 5) is 11.9. The molecule has 0 aromatic heterocycles. The fourth-order valence-corrected chi connectivity index (χ4v) is 2.00. The summed E-state index contributed by atoms with van der Waals surface area (Å²) in [5.74, 6) is -0.765. The molecule has 0 spiro atoms. The highest BCUT2D eigenvalue weighted by Crippen LogP contribution is 2.15. The van der Waals surface area contributed by atoms with Gasteiger partial charge in [0.05, 0.1) is 17.2 Å². The Morgan fingerprint density at radius 1 is 1.25 bits per heavy atom. The summed E-state index contributed by atoms with van der Waals surface area (Å²) in [6.45, 7) is -0.143. The second kappa shape index (κ2) is 6.50. The molecule has 2 aromatic carbocycles. The van der Waals surface area contributed by atoms with Crippen LogP contribution in [0.3, 0.4) is 0 Å². The van der Waals surface area contributed by atoms with Crippen LogP contribution in [-0.4, -0.2) is 11.0 Å². The normalized spacial score (nSPS) is 10.3. The Labute approximate surface area is 121 Å². The van der Waals surface area contributed by atoms with E-state index in [1.165, 1.54) is 12.1 Å². The third-order valence-corrected chi connectivity index (χ3v) is 3.18. The smallest absolute Gasteiger partial charge is 0.253 e. The molecular formula is C15H13ClFNO2. The summed E-state index contributed by atoms with van der Waals surface area (Å²) in [5.41, 5.74) is 1.30. The van der Waals surface area contributed by atoms with E-state index < -0.39 is 5.82 Å². The van der Waals surface area contributed by atoms with Crippen molar-refractivity contribution < 1.29 is 14.3 Å². The topological polar surface area (TPSA) is 49.3 Å². The molecule has 0 heterocycles. The minimum Gasteiger partial charge on any atom is -0.392 e. The number of halogens is 2. The predicted molar refractivity (Wildman–Crippen MR) is 74.9 cm³/mol. The van der Waals surface area contributed by atoms with Gasteiger partial charge in [-0.1, -0.05) is 29.8 Å². The van der Waals surface area contributed by atoms with Crippen LogP contribution in [0.5, 0.6) is 0 Å². The van der Waals surface area contributed by atoms with Crippen LogP contribution in [0.2, 0.25) is 5.02 Å². The number of benzene rings is 2. The number of aliphatic hydroxyl groups is 1. The lowest BCUT2D eigenvalue weighted by Gasteiger charge is -2.08. The molecule has 3 nitrogen and oxygen atoms in total. The zero-order chi connectivity index (χ0) is 14.5. The number of carbonyl (C=O) groups is 1. The molecule has 0 aliphatic rings. The van der Waals surface area contributed by atoms with Crippen molar-refractivity contribution in [1.29, 1.82) is 0 Å². The zero-order valence-corrected chi connectivity index (χ0v) is 11.3. The Morgan fingerprint density at radius 2 is 2.00 bits per heavy atom. The maximum Gasteiger partial charge on any atom is 0.253 e. The third kappa shape index (κ3) is 3.35. The molecule has 104 valence electrons. The second-order valence-corrected chi connectivity index (χ2v) is 4.65. The first-order chi connectivity index (χ1) is 9.61. The molecule has 0 fully saturated rings. The van der Waals surface area contributed by atoms with Crippen LogP contribution in [-0.2, 0) is 13.2 Å². The molecule has 2 aromatic rings. The van der Waals surface area contributed by atoms with E-state index in [4.69, 9.17) is 16.7 Å². The van der Waals surface area contributed by atoms with E-state index in [1.807, 2.05) is 0 Å². The van der Waals surface area contributed by atoms with Crippen molar-refractivity contribution in [1.82, 2.24) is 5.32 Å². The van der Waals surface area contributed by atoms with E-state index in [-0.39, 0.29) is 24.6 Å². The van der Waals surface area contributed by atoms with Crippen LogP contribution in [0.4, 0.5) is 4.39 Å². The minimum absolute atomic E-state index is 0.203. The maximum absolute atomic E-state index is 13.2. The summed E-state index contributed by atoms with van der Waals surface area (Å²) < 4.78 is 13.2. The third-order valence-electron chi connectivity index (χ3n) is 2.85. The monoisotopic (exact) mass is 293 g/mol.